The molecule has 2 atom stereocenters. The number of hydrogen-bond donors (Lipinski definition) is 2. The van der Waals surface area contributed by atoms with E-state index in [0.29, 0.717) is 6.04 Å². The molecule has 0 amide bonds. The first-order valence-electron chi connectivity index (χ1n) is 5.84. The van der Waals surface area contributed by atoms with Crippen LogP contribution < -0.4 is 10.6 Å². The minimum absolute atomic E-state index is 0.637. The van der Waals surface area contributed by atoms with Crippen molar-refractivity contribution < 1.29 is 0 Å². The van der Waals surface area contributed by atoms with E-state index in [4.69, 9.17) is 0 Å². The molecule has 0 aromatic rings. The summed E-state index contributed by atoms with van der Waals surface area (Å²) in [6, 6.07) is 0.637. The van der Waals surface area contributed by atoms with E-state index in [1.165, 1.54) is 25.9 Å². The number of nitrogens with one attached hydrogen (secondary N) is 2. The molecular formula is C11H25N3. The van der Waals surface area contributed by atoms with Crippen molar-refractivity contribution in [1.82, 2.24) is 15.5 Å². The first kappa shape index (κ1) is 12.0. The Kier molecular flexibility index (Phi) is 5.45. The Bertz CT molecular complexity index is 149. The second kappa shape index (κ2) is 6.38. The topological polar surface area (TPSA) is 27.3 Å². The number of nitrogens with zero attached hydrogens (tertiary/aromatic N) is 1. The van der Waals surface area contributed by atoms with Gasteiger partial charge in [-0.1, -0.05) is 6.92 Å². The summed E-state index contributed by atoms with van der Waals surface area (Å²) in [5.74, 6) is 0.817. The highest BCUT2D eigenvalue weighted by Gasteiger charge is 2.23. The molecule has 0 aromatic heterocycles. The second-order valence-electron chi connectivity index (χ2n) is 4.37. The van der Waals surface area contributed by atoms with Crippen molar-refractivity contribution in [2.75, 3.05) is 40.3 Å². The third-order valence-electron chi connectivity index (χ3n) is 3.22. The molecule has 14 heavy (non-hydrogen) atoms. The largest absolute Gasteiger partial charge is 0.315 e. The van der Waals surface area contributed by atoms with Crippen LogP contribution in [0.4, 0.5) is 0 Å². The quantitative estimate of drug-likeness (QED) is 0.676. The van der Waals surface area contributed by atoms with E-state index in [1.54, 1.807) is 0 Å². The van der Waals surface area contributed by atoms with Gasteiger partial charge in [0, 0.05) is 19.1 Å². The van der Waals surface area contributed by atoms with Crippen molar-refractivity contribution in [2.24, 2.45) is 5.92 Å². The number of likely N-dealkylation sites (N-methyl/N-ethyl adjacent to an activating group) is 2. The number of piperidine rings is 1. The Morgan fingerprint density at radius 2 is 2.29 bits per heavy atom. The number of likely N-dealkylation sites (tertiary alicyclic amines) is 1. The second-order valence-corrected chi connectivity index (χ2v) is 4.37. The highest BCUT2D eigenvalue weighted by atomic mass is 15.1. The van der Waals surface area contributed by atoms with Gasteiger partial charge in [-0.15, -0.1) is 0 Å². The maximum absolute atomic E-state index is 3.44. The molecule has 0 saturated carbocycles. The normalized spacial score (nSPS) is 26.4. The molecule has 0 radical (unpaired) electrons. The lowest BCUT2D eigenvalue weighted by atomic mass is 9.91. The summed E-state index contributed by atoms with van der Waals surface area (Å²) >= 11 is 0. The van der Waals surface area contributed by atoms with Crippen LogP contribution in [-0.2, 0) is 0 Å². The first-order valence-corrected chi connectivity index (χ1v) is 5.84. The Balaban J connectivity index is 2.34. The molecule has 84 valence electrons. The Morgan fingerprint density at radius 1 is 1.50 bits per heavy atom. The van der Waals surface area contributed by atoms with Gasteiger partial charge in [0.25, 0.3) is 0 Å². The van der Waals surface area contributed by atoms with Crippen molar-refractivity contribution in [1.29, 1.82) is 0 Å². The van der Waals surface area contributed by atoms with Crippen molar-refractivity contribution in [3.8, 4) is 0 Å². The van der Waals surface area contributed by atoms with Gasteiger partial charge in [-0.3, -0.25) is 0 Å². The lowest BCUT2D eigenvalue weighted by Crippen LogP contribution is -2.48. The molecule has 3 heteroatoms. The van der Waals surface area contributed by atoms with E-state index >= 15 is 0 Å². The Labute approximate surface area is 88.2 Å². The predicted molar refractivity (Wildman–Crippen MR) is 61.6 cm³/mol. The summed E-state index contributed by atoms with van der Waals surface area (Å²) in [7, 11) is 4.31. The summed E-state index contributed by atoms with van der Waals surface area (Å²) in [5, 5.41) is 6.87. The van der Waals surface area contributed by atoms with E-state index < -0.39 is 0 Å². The molecule has 3 nitrogen and oxygen atoms in total. The van der Waals surface area contributed by atoms with Crippen molar-refractivity contribution in [2.45, 2.75) is 25.8 Å². The van der Waals surface area contributed by atoms with Gasteiger partial charge < -0.3 is 15.5 Å². The third kappa shape index (κ3) is 3.56. The molecule has 0 aromatic carbocycles. The van der Waals surface area contributed by atoms with Crippen LogP contribution in [-0.4, -0.2) is 51.2 Å². The van der Waals surface area contributed by atoms with E-state index in [1.807, 2.05) is 0 Å². The molecular weight excluding hydrogens is 174 g/mol. The van der Waals surface area contributed by atoms with Crippen LogP contribution in [0, 0.1) is 5.92 Å². The fourth-order valence-corrected chi connectivity index (χ4v) is 2.34. The molecule has 1 aliphatic heterocycles. The van der Waals surface area contributed by atoms with Crippen LogP contribution in [0.15, 0.2) is 0 Å². The Hall–Kier alpha value is -0.120. The van der Waals surface area contributed by atoms with Gasteiger partial charge in [0.05, 0.1) is 0 Å². The molecule has 0 spiro atoms. The molecule has 1 heterocycles. The summed E-state index contributed by atoms with van der Waals surface area (Å²) < 4.78 is 0. The third-order valence-corrected chi connectivity index (χ3v) is 3.22. The zero-order valence-corrected chi connectivity index (χ0v) is 9.84. The minimum atomic E-state index is 0.637. The van der Waals surface area contributed by atoms with Crippen LogP contribution in [0.5, 0.6) is 0 Å². The molecule has 1 rings (SSSR count). The first-order chi connectivity index (χ1) is 6.77. The molecule has 1 fully saturated rings. The lowest BCUT2D eigenvalue weighted by molar-refractivity contribution is 0.175. The molecule has 1 saturated heterocycles. The highest BCUT2D eigenvalue weighted by Crippen LogP contribution is 2.18. The van der Waals surface area contributed by atoms with Gasteiger partial charge in [0.2, 0.25) is 0 Å². The van der Waals surface area contributed by atoms with Crippen LogP contribution >= 0.6 is 0 Å². The monoisotopic (exact) mass is 199 g/mol. The fraction of sp³-hybridized carbons (Fsp3) is 1.00. The number of rotatable bonds is 5. The molecule has 1 aliphatic rings. The SMILES string of the molecule is CCNCC(NC)C1CCCN(C)C1. The van der Waals surface area contributed by atoms with Crippen molar-refractivity contribution in [3.63, 3.8) is 0 Å². The maximum Gasteiger partial charge on any atom is 0.0229 e. The highest BCUT2D eigenvalue weighted by molar-refractivity contribution is 4.82. The summed E-state index contributed by atoms with van der Waals surface area (Å²) in [4.78, 5) is 2.45. The zero-order chi connectivity index (χ0) is 10.4. The summed E-state index contributed by atoms with van der Waals surface area (Å²) in [6.45, 7) is 6.86. The zero-order valence-electron chi connectivity index (χ0n) is 9.84. The molecule has 0 aliphatic carbocycles. The molecule has 0 bridgehead atoms. The predicted octanol–water partition coefficient (Wildman–Crippen LogP) is 0.526. The molecule has 2 N–H and O–H groups in total. The maximum atomic E-state index is 3.44. The average Bonchev–Trinajstić information content (AvgIpc) is 2.19. The van der Waals surface area contributed by atoms with Crippen LogP contribution in [0.1, 0.15) is 19.8 Å². The van der Waals surface area contributed by atoms with Gasteiger partial charge >= 0.3 is 0 Å². The standard InChI is InChI=1S/C11H25N3/c1-4-13-8-11(12-2)10-6-5-7-14(3)9-10/h10-13H,4-9H2,1-3H3. The van der Waals surface area contributed by atoms with Gasteiger partial charge in [0.1, 0.15) is 0 Å². The summed E-state index contributed by atoms with van der Waals surface area (Å²) in [5.41, 5.74) is 0. The number of hydrogen-bond acceptors (Lipinski definition) is 3. The van der Waals surface area contributed by atoms with E-state index in [9.17, 15) is 0 Å². The van der Waals surface area contributed by atoms with Crippen molar-refractivity contribution in [3.05, 3.63) is 0 Å². The summed E-state index contributed by atoms with van der Waals surface area (Å²) in [6.07, 6.45) is 2.73. The van der Waals surface area contributed by atoms with Crippen LogP contribution in [0.2, 0.25) is 0 Å². The van der Waals surface area contributed by atoms with E-state index in [0.717, 1.165) is 19.0 Å². The van der Waals surface area contributed by atoms with Gasteiger partial charge in [-0.05, 0) is 45.9 Å². The Morgan fingerprint density at radius 3 is 2.86 bits per heavy atom. The minimum Gasteiger partial charge on any atom is -0.315 e. The smallest absolute Gasteiger partial charge is 0.0229 e. The van der Waals surface area contributed by atoms with Crippen LogP contribution in [0.25, 0.3) is 0 Å². The van der Waals surface area contributed by atoms with Gasteiger partial charge in [0.15, 0.2) is 0 Å². The fourth-order valence-electron chi connectivity index (χ4n) is 2.34. The van der Waals surface area contributed by atoms with Gasteiger partial charge in [-0.2, -0.15) is 0 Å². The van der Waals surface area contributed by atoms with E-state index in [2.05, 4.69) is 36.6 Å². The van der Waals surface area contributed by atoms with Crippen molar-refractivity contribution >= 4 is 0 Å². The molecule has 2 unspecified atom stereocenters. The van der Waals surface area contributed by atoms with Gasteiger partial charge in [-0.25, -0.2) is 0 Å². The van der Waals surface area contributed by atoms with Crippen LogP contribution in [0.3, 0.4) is 0 Å². The van der Waals surface area contributed by atoms with E-state index in [-0.39, 0.29) is 0 Å². The lowest BCUT2D eigenvalue weighted by Gasteiger charge is -2.35. The average molecular weight is 199 g/mol.